The highest BCUT2D eigenvalue weighted by Crippen LogP contribution is 2.77. The Morgan fingerprint density at radius 2 is 1.33 bits per heavy atom. The molecular weight excluding hydrogens is 273 g/mol. The molecule has 0 aromatic rings. The third-order valence-electron chi connectivity index (χ3n) is 8.66. The van der Waals surface area contributed by atoms with E-state index in [9.17, 15) is 13.2 Å². The zero-order valence-electron chi connectivity index (χ0n) is 12.0. The van der Waals surface area contributed by atoms with Gasteiger partial charge in [0.05, 0.1) is 5.92 Å². The number of fused-ring (bicyclic) bond motifs is 16. The number of alkyl halides is 3. The molecule has 0 N–H and O–H groups in total. The zero-order valence-corrected chi connectivity index (χ0v) is 12.0. The van der Waals surface area contributed by atoms with E-state index in [-0.39, 0.29) is 5.92 Å². The van der Waals surface area contributed by atoms with Gasteiger partial charge < -0.3 is 0 Å². The van der Waals surface area contributed by atoms with Gasteiger partial charge in [0.25, 0.3) is 0 Å². The zero-order chi connectivity index (χ0) is 14.1. The summed E-state index contributed by atoms with van der Waals surface area (Å²) in [5, 5.41) is 0. The van der Waals surface area contributed by atoms with E-state index >= 15 is 0 Å². The molecule has 0 amide bonds. The van der Waals surface area contributed by atoms with Crippen LogP contribution in [0, 0.1) is 65.1 Å². The fraction of sp³-hybridized carbons (Fsp3) is 0.889. The first-order valence-electron chi connectivity index (χ1n) is 8.79. The third kappa shape index (κ3) is 1.21. The minimum Gasteiger partial charge on any atom is -0.171 e. The predicted molar refractivity (Wildman–Crippen MR) is 72.1 cm³/mol. The van der Waals surface area contributed by atoms with Crippen LogP contribution in [0.3, 0.4) is 0 Å². The monoisotopic (exact) mass is 294 g/mol. The number of hydrogen-bond acceptors (Lipinski definition) is 0. The number of halogens is 3. The van der Waals surface area contributed by atoms with Crippen LogP contribution in [0.25, 0.3) is 0 Å². The van der Waals surface area contributed by atoms with Gasteiger partial charge in [0.2, 0.25) is 0 Å². The molecule has 5 saturated carbocycles. The quantitative estimate of drug-likeness (QED) is 0.455. The largest absolute Gasteiger partial charge is 0.392 e. The van der Waals surface area contributed by atoms with Crippen molar-refractivity contribution in [3.8, 4) is 0 Å². The van der Waals surface area contributed by atoms with E-state index in [4.69, 9.17) is 0 Å². The summed E-state index contributed by atoms with van der Waals surface area (Å²) in [7, 11) is 0. The number of allylic oxidation sites excluding steroid dienone is 2. The third-order valence-corrected chi connectivity index (χ3v) is 8.66. The van der Waals surface area contributed by atoms with Crippen LogP contribution in [0.5, 0.6) is 0 Å². The molecule has 0 radical (unpaired) electrons. The molecule has 0 aromatic carbocycles. The SMILES string of the molecule is FC(F)(F)C1CC2CC1C1C3CC(C4C5C=CC(C5)C34)C21. The van der Waals surface area contributed by atoms with E-state index in [0.29, 0.717) is 30.1 Å². The summed E-state index contributed by atoms with van der Waals surface area (Å²) >= 11 is 0. The summed E-state index contributed by atoms with van der Waals surface area (Å²) in [6.45, 7) is 0. The Balaban J connectivity index is 1.39. The average Bonchev–Trinajstić information content (AvgIpc) is 3.20. The van der Waals surface area contributed by atoms with Crippen molar-refractivity contribution < 1.29 is 13.2 Å². The lowest BCUT2D eigenvalue weighted by Gasteiger charge is -2.46. The minimum atomic E-state index is -3.94. The second-order valence-electron chi connectivity index (χ2n) is 8.86. The second-order valence-corrected chi connectivity index (χ2v) is 8.86. The van der Waals surface area contributed by atoms with Gasteiger partial charge in [-0.25, -0.2) is 0 Å². The van der Waals surface area contributed by atoms with Gasteiger partial charge in [-0.2, -0.15) is 13.2 Å². The normalized spacial score (nSPS) is 65.4. The van der Waals surface area contributed by atoms with Crippen molar-refractivity contribution in [2.24, 2.45) is 65.1 Å². The molecule has 0 heterocycles. The fourth-order valence-electron chi connectivity index (χ4n) is 8.63. The lowest BCUT2D eigenvalue weighted by molar-refractivity contribution is -0.199. The smallest absolute Gasteiger partial charge is 0.171 e. The van der Waals surface area contributed by atoms with Gasteiger partial charge in [0.1, 0.15) is 0 Å². The molecule has 6 rings (SSSR count). The van der Waals surface area contributed by atoms with Crippen molar-refractivity contribution in [1.29, 1.82) is 0 Å². The van der Waals surface area contributed by atoms with Crippen LogP contribution >= 0.6 is 0 Å². The van der Waals surface area contributed by atoms with Gasteiger partial charge in [0, 0.05) is 0 Å². The van der Waals surface area contributed by atoms with Crippen LogP contribution < -0.4 is 0 Å². The van der Waals surface area contributed by atoms with Crippen LogP contribution in [0.2, 0.25) is 0 Å². The van der Waals surface area contributed by atoms with Gasteiger partial charge >= 0.3 is 6.18 Å². The van der Waals surface area contributed by atoms with Crippen LogP contribution in [-0.4, -0.2) is 6.18 Å². The van der Waals surface area contributed by atoms with Gasteiger partial charge in [-0.15, -0.1) is 0 Å². The van der Waals surface area contributed by atoms with Gasteiger partial charge in [0.15, 0.2) is 0 Å². The Morgan fingerprint density at radius 1 is 0.667 bits per heavy atom. The van der Waals surface area contributed by atoms with Crippen molar-refractivity contribution in [3.05, 3.63) is 12.2 Å². The molecule has 11 atom stereocenters. The topological polar surface area (TPSA) is 0 Å². The Kier molecular flexibility index (Phi) is 1.93. The van der Waals surface area contributed by atoms with E-state index in [1.54, 1.807) is 0 Å². The molecule has 11 unspecified atom stereocenters. The summed E-state index contributed by atoms with van der Waals surface area (Å²) in [6, 6.07) is 0. The molecule has 5 fully saturated rings. The van der Waals surface area contributed by atoms with E-state index < -0.39 is 12.1 Å². The Bertz CT molecular complexity index is 535. The first kappa shape index (κ1) is 12.0. The van der Waals surface area contributed by atoms with Gasteiger partial charge in [-0.05, 0) is 84.9 Å². The molecule has 0 saturated heterocycles. The van der Waals surface area contributed by atoms with E-state index in [0.717, 1.165) is 36.0 Å². The molecule has 0 spiro atoms. The molecular formula is C18H21F3. The van der Waals surface area contributed by atoms with Crippen molar-refractivity contribution in [3.63, 3.8) is 0 Å². The lowest BCUT2D eigenvalue weighted by atomic mass is 9.59. The lowest BCUT2D eigenvalue weighted by Crippen LogP contribution is -2.44. The highest BCUT2D eigenvalue weighted by Gasteiger charge is 2.72. The number of hydrogen-bond donors (Lipinski definition) is 0. The van der Waals surface area contributed by atoms with Gasteiger partial charge in [-0.3, -0.25) is 0 Å². The maximum atomic E-state index is 13.3. The Hall–Kier alpha value is -0.470. The first-order chi connectivity index (χ1) is 10.0. The summed E-state index contributed by atoms with van der Waals surface area (Å²) in [4.78, 5) is 0. The highest BCUT2D eigenvalue weighted by molar-refractivity contribution is 5.25. The second kappa shape index (κ2) is 3.38. The molecule has 3 heteroatoms. The van der Waals surface area contributed by atoms with Crippen LogP contribution in [0.1, 0.15) is 25.7 Å². The standard InChI is InChI=1S/C18H21F3/c19-18(20,21)13-5-9-4-10(13)17-12-6-11(16(9)17)14-7-1-2-8(3-7)15(12)14/h1-2,7-17H,3-6H2. The summed E-state index contributed by atoms with van der Waals surface area (Å²) in [6.07, 6.45) is 4.84. The van der Waals surface area contributed by atoms with E-state index in [2.05, 4.69) is 12.2 Å². The molecule has 6 aliphatic rings. The van der Waals surface area contributed by atoms with Crippen LogP contribution in [0.4, 0.5) is 13.2 Å². The van der Waals surface area contributed by atoms with Crippen LogP contribution in [0.15, 0.2) is 12.2 Å². The predicted octanol–water partition coefficient (Wildman–Crippen LogP) is 4.53. The molecule has 6 aliphatic carbocycles. The van der Waals surface area contributed by atoms with Crippen molar-refractivity contribution >= 4 is 0 Å². The molecule has 0 aromatic heterocycles. The van der Waals surface area contributed by atoms with Crippen molar-refractivity contribution in [1.82, 2.24) is 0 Å². The maximum Gasteiger partial charge on any atom is 0.392 e. The maximum absolute atomic E-state index is 13.3. The first-order valence-corrected chi connectivity index (χ1v) is 8.79. The molecule has 0 aliphatic heterocycles. The van der Waals surface area contributed by atoms with E-state index in [1.807, 2.05) is 0 Å². The van der Waals surface area contributed by atoms with Gasteiger partial charge in [-0.1, -0.05) is 12.2 Å². The van der Waals surface area contributed by atoms with Crippen molar-refractivity contribution in [2.45, 2.75) is 31.9 Å². The fourth-order valence-corrected chi connectivity index (χ4v) is 8.63. The minimum absolute atomic E-state index is 0.0148. The summed E-state index contributed by atoms with van der Waals surface area (Å²) in [5.74, 6) is 5.10. The molecule has 114 valence electrons. The number of rotatable bonds is 0. The molecule has 6 bridgehead atoms. The Morgan fingerprint density at radius 3 is 2.00 bits per heavy atom. The summed E-state index contributed by atoms with van der Waals surface area (Å²) < 4.78 is 40.0. The highest BCUT2D eigenvalue weighted by atomic mass is 19.4. The summed E-state index contributed by atoms with van der Waals surface area (Å²) in [5.41, 5.74) is 0. The van der Waals surface area contributed by atoms with E-state index in [1.165, 1.54) is 12.8 Å². The average molecular weight is 294 g/mol. The van der Waals surface area contributed by atoms with Crippen molar-refractivity contribution in [2.75, 3.05) is 0 Å². The molecule has 21 heavy (non-hydrogen) atoms. The molecule has 0 nitrogen and oxygen atoms in total. The van der Waals surface area contributed by atoms with Crippen LogP contribution in [-0.2, 0) is 0 Å². The Labute approximate surface area is 123 Å².